The molecular weight excluding hydrogens is 796 g/mol. The number of ketones is 2. The number of benzene rings is 2. The number of carbonyl (C=O) groups excluding carboxylic acids is 2. The summed E-state index contributed by atoms with van der Waals surface area (Å²) in [7, 11) is 0. The third-order valence-electron chi connectivity index (χ3n) is 14.4. The molecule has 298 valence electrons. The molecule has 2 aromatic rings. The molecule has 2 aromatic carbocycles. The van der Waals surface area contributed by atoms with E-state index in [9.17, 15) is 9.59 Å². The van der Waals surface area contributed by atoms with Gasteiger partial charge in [0.05, 0.1) is 39.3 Å². The van der Waals surface area contributed by atoms with Gasteiger partial charge in [0.2, 0.25) is 11.6 Å². The average Bonchev–Trinajstić information content (AvgIpc) is 3.16. The average molecular weight is 869 g/mol. The summed E-state index contributed by atoms with van der Waals surface area (Å²) in [5.74, 6) is 3.41. The molecule has 0 aromatic heterocycles. The molecule has 0 spiro atoms. The summed E-state index contributed by atoms with van der Waals surface area (Å²) >= 11 is 7.19. The molecular formula is C48H72Br2N2O2+2. The maximum Gasteiger partial charge on any atom is 0.216 e. The zero-order valence-corrected chi connectivity index (χ0v) is 36.8. The zero-order valence-electron chi connectivity index (χ0n) is 33.6. The number of Topliss-reactive ketones (excluding diaryl/α,β-unsaturated/α-hetero) is 2. The summed E-state index contributed by atoms with van der Waals surface area (Å²) < 4.78 is 4.08. The van der Waals surface area contributed by atoms with Crippen molar-refractivity contribution in [3.63, 3.8) is 0 Å². The Bertz CT molecular complexity index is 1450. The van der Waals surface area contributed by atoms with Gasteiger partial charge >= 0.3 is 0 Å². The van der Waals surface area contributed by atoms with E-state index in [0.29, 0.717) is 48.3 Å². The Morgan fingerprint density at radius 2 is 0.889 bits per heavy atom. The minimum absolute atomic E-state index is 0.330. The molecule has 5 aliphatic heterocycles. The van der Waals surface area contributed by atoms with Crippen LogP contribution in [0.1, 0.15) is 162 Å². The van der Waals surface area contributed by atoms with Gasteiger partial charge in [0.25, 0.3) is 0 Å². The monoisotopic (exact) mass is 866 g/mol. The van der Waals surface area contributed by atoms with Gasteiger partial charge in [-0.1, -0.05) is 146 Å². The summed E-state index contributed by atoms with van der Waals surface area (Å²) in [6, 6.07) is 16.3. The summed E-state index contributed by atoms with van der Waals surface area (Å²) in [6.45, 7) is 8.31. The van der Waals surface area contributed by atoms with Crippen LogP contribution in [0.3, 0.4) is 0 Å². The van der Waals surface area contributed by atoms with Crippen LogP contribution < -0.4 is 0 Å². The van der Waals surface area contributed by atoms with Crippen LogP contribution in [0.15, 0.2) is 57.5 Å². The Morgan fingerprint density at radius 1 is 0.463 bits per heavy atom. The van der Waals surface area contributed by atoms with E-state index >= 15 is 0 Å². The van der Waals surface area contributed by atoms with Gasteiger partial charge in [-0.3, -0.25) is 9.59 Å². The van der Waals surface area contributed by atoms with Gasteiger partial charge in [0, 0.05) is 44.2 Å². The molecule has 4 nitrogen and oxygen atoms in total. The largest absolute Gasteiger partial charge is 0.317 e. The van der Waals surface area contributed by atoms with Crippen molar-refractivity contribution < 1.29 is 18.6 Å². The third kappa shape index (κ3) is 12.6. The van der Waals surface area contributed by atoms with E-state index in [1.54, 1.807) is 0 Å². The fourth-order valence-corrected chi connectivity index (χ4v) is 12.1. The van der Waals surface area contributed by atoms with E-state index in [1.165, 1.54) is 161 Å². The lowest BCUT2D eigenvalue weighted by molar-refractivity contribution is -0.937. The van der Waals surface area contributed by atoms with Crippen LogP contribution in [0, 0.1) is 23.7 Å². The summed E-state index contributed by atoms with van der Waals surface area (Å²) in [4.78, 5) is 28.4. The molecule has 5 fully saturated rings. The molecule has 5 saturated heterocycles. The Morgan fingerprint density at radius 3 is 1.43 bits per heavy atom. The van der Waals surface area contributed by atoms with Crippen molar-refractivity contribution in [3.8, 4) is 0 Å². The number of halogens is 2. The number of quaternary nitrogens is 2. The van der Waals surface area contributed by atoms with E-state index in [4.69, 9.17) is 0 Å². The maximum atomic E-state index is 14.3. The molecule has 7 rings (SSSR count). The van der Waals surface area contributed by atoms with Crippen LogP contribution >= 0.6 is 31.9 Å². The topological polar surface area (TPSA) is 34.1 Å². The van der Waals surface area contributed by atoms with Gasteiger partial charge in [-0.2, -0.15) is 0 Å². The summed E-state index contributed by atoms with van der Waals surface area (Å²) in [5, 5.41) is 0. The number of piperidine rings is 2. The van der Waals surface area contributed by atoms with Gasteiger partial charge in [0.1, 0.15) is 13.1 Å². The van der Waals surface area contributed by atoms with E-state index in [1.807, 2.05) is 48.5 Å². The fraction of sp³-hybridized carbons (Fsp3) is 0.708. The molecule has 0 saturated carbocycles. The van der Waals surface area contributed by atoms with Crippen LogP contribution in [-0.2, 0) is 0 Å². The normalized spacial score (nSPS) is 31.4. The minimum Gasteiger partial charge on any atom is -0.317 e. The first-order valence-corrected chi connectivity index (χ1v) is 24.2. The number of fused-ring (bicyclic) bond motifs is 11. The summed E-state index contributed by atoms with van der Waals surface area (Å²) in [5.41, 5.74) is 1.75. The second kappa shape index (κ2) is 21.4. The van der Waals surface area contributed by atoms with Crippen molar-refractivity contribution in [1.82, 2.24) is 0 Å². The number of hydrogen-bond acceptors (Lipinski definition) is 2. The van der Waals surface area contributed by atoms with Crippen molar-refractivity contribution in [2.45, 2.75) is 141 Å². The van der Waals surface area contributed by atoms with Crippen LogP contribution in [-0.4, -0.2) is 72.9 Å². The zero-order chi connectivity index (χ0) is 37.6. The molecule has 6 heteroatoms. The van der Waals surface area contributed by atoms with Gasteiger partial charge in [-0.15, -0.1) is 0 Å². The highest BCUT2D eigenvalue weighted by atomic mass is 79.9. The van der Waals surface area contributed by atoms with Crippen molar-refractivity contribution in [1.29, 1.82) is 0 Å². The Labute approximate surface area is 346 Å². The Kier molecular flexibility index (Phi) is 16.8. The molecule has 2 unspecified atom stereocenters. The summed E-state index contributed by atoms with van der Waals surface area (Å²) in [6.07, 6.45) is 29.4. The predicted octanol–water partition coefficient (Wildman–Crippen LogP) is 13.0. The second-order valence-corrected chi connectivity index (χ2v) is 20.4. The molecule has 54 heavy (non-hydrogen) atoms. The SMILES string of the molecule is O=C(C[N+]12CCCCCCCCCC[C@H]3C[C@@H]4C[N+](CC(=O)c5ccc(Br)cc5)(CCCCCCCCCCCC[C@H](C1)[C@@H]4CC2)C3)c1ccc(Br)cc1. The third-order valence-corrected chi connectivity index (χ3v) is 15.5. The van der Waals surface area contributed by atoms with Crippen LogP contribution in [0.25, 0.3) is 0 Å². The van der Waals surface area contributed by atoms with E-state index in [-0.39, 0.29) is 0 Å². The lowest BCUT2D eigenvalue weighted by Crippen LogP contribution is -2.63. The molecule has 0 radical (unpaired) electrons. The van der Waals surface area contributed by atoms with Crippen molar-refractivity contribution in [2.24, 2.45) is 23.7 Å². The highest BCUT2D eigenvalue weighted by Gasteiger charge is 2.49. The fourth-order valence-electron chi connectivity index (χ4n) is 11.6. The highest BCUT2D eigenvalue weighted by Crippen LogP contribution is 2.44. The van der Waals surface area contributed by atoms with Crippen LogP contribution in [0.5, 0.6) is 0 Å². The molecule has 0 aliphatic carbocycles. The van der Waals surface area contributed by atoms with Crippen molar-refractivity contribution in [2.75, 3.05) is 52.4 Å². The molecule has 5 aliphatic rings. The minimum atomic E-state index is 0.330. The number of rotatable bonds is 6. The quantitative estimate of drug-likeness (QED) is 0.214. The lowest BCUT2D eigenvalue weighted by atomic mass is 9.68. The number of hydrogen-bond donors (Lipinski definition) is 0. The Hall–Kier alpha value is -1.34. The standard InChI is InChI=1S/C48H72Br2N2O2/c49-44-25-21-40(22-26-44)47(53)37-51-30-17-13-9-6-4-7-11-15-19-39-33-43-36-52(34-39,38-48(54)41-23-27-45(50)28-24-41)31-18-14-10-5-2-1-3-8-12-16-20-42(35-51)46(43)29-32-51/h21-28,39,42-43,46H,1-20,29-38H2/q+2/t39-,42+,43+,46-,51?,52?/m0/s1. The van der Waals surface area contributed by atoms with Crippen LogP contribution in [0.4, 0.5) is 0 Å². The van der Waals surface area contributed by atoms with Crippen molar-refractivity contribution in [3.05, 3.63) is 68.6 Å². The lowest BCUT2D eigenvalue weighted by Gasteiger charge is -2.53. The molecule has 5 heterocycles. The highest BCUT2D eigenvalue weighted by molar-refractivity contribution is 9.10. The first-order valence-electron chi connectivity index (χ1n) is 22.6. The first-order chi connectivity index (χ1) is 26.3. The van der Waals surface area contributed by atoms with Crippen molar-refractivity contribution >= 4 is 43.4 Å². The van der Waals surface area contributed by atoms with Gasteiger partial charge in [0.15, 0.2) is 0 Å². The van der Waals surface area contributed by atoms with E-state index < -0.39 is 0 Å². The van der Waals surface area contributed by atoms with E-state index in [0.717, 1.165) is 48.7 Å². The number of carbonyl (C=O) groups is 2. The number of nitrogens with zero attached hydrogens (tertiary/aromatic N) is 2. The predicted molar refractivity (Wildman–Crippen MR) is 232 cm³/mol. The van der Waals surface area contributed by atoms with Gasteiger partial charge < -0.3 is 8.97 Å². The Balaban J connectivity index is 1.32. The molecule has 0 amide bonds. The molecule has 0 N–H and O–H groups in total. The van der Waals surface area contributed by atoms with Crippen LogP contribution in [0.2, 0.25) is 0 Å². The van der Waals surface area contributed by atoms with E-state index in [2.05, 4.69) is 31.9 Å². The van der Waals surface area contributed by atoms with Gasteiger partial charge in [-0.05, 0) is 75.1 Å². The maximum absolute atomic E-state index is 14.3. The molecule has 6 bridgehead atoms. The smallest absolute Gasteiger partial charge is 0.216 e. The van der Waals surface area contributed by atoms with Gasteiger partial charge in [-0.25, -0.2) is 0 Å². The molecule has 6 atom stereocenters. The first kappa shape index (κ1) is 42.3. The second-order valence-electron chi connectivity index (χ2n) is 18.6.